The molecule has 0 aliphatic carbocycles. The molecule has 7 nitrogen and oxygen atoms in total. The van der Waals surface area contributed by atoms with E-state index < -0.39 is 15.9 Å². The second-order valence-electron chi connectivity index (χ2n) is 7.98. The zero-order chi connectivity index (χ0) is 24.0. The summed E-state index contributed by atoms with van der Waals surface area (Å²) < 4.78 is 32.5. The molecule has 180 valence electrons. The number of hydrogen-bond donors (Lipinski definition) is 1. The molecule has 0 bridgehead atoms. The topological polar surface area (TPSA) is 79.0 Å². The van der Waals surface area contributed by atoms with Crippen molar-refractivity contribution >= 4 is 27.5 Å². The van der Waals surface area contributed by atoms with Gasteiger partial charge in [-0.05, 0) is 61.8 Å². The Kier molecular flexibility index (Phi) is 8.75. The van der Waals surface area contributed by atoms with E-state index in [1.165, 1.54) is 22.5 Å². The van der Waals surface area contributed by atoms with Gasteiger partial charge in [0.25, 0.3) is 5.91 Å². The van der Waals surface area contributed by atoms with Crippen LogP contribution < -0.4 is 10.1 Å². The number of methoxy groups -OCH3 is 1. The zero-order valence-corrected chi connectivity index (χ0v) is 21.0. The van der Waals surface area contributed by atoms with Gasteiger partial charge in [-0.2, -0.15) is 4.31 Å². The molecule has 3 rings (SSSR count). The number of rotatable bonds is 10. The van der Waals surface area contributed by atoms with Crippen LogP contribution in [-0.4, -0.2) is 63.4 Å². The number of nitrogens with zero attached hydrogens (tertiary/aromatic N) is 2. The van der Waals surface area contributed by atoms with E-state index in [1.807, 2.05) is 24.3 Å². The molecule has 1 saturated heterocycles. The van der Waals surface area contributed by atoms with Gasteiger partial charge in [-0.3, -0.25) is 9.69 Å². The van der Waals surface area contributed by atoms with Crippen molar-refractivity contribution in [2.75, 3.05) is 39.8 Å². The van der Waals surface area contributed by atoms with E-state index in [2.05, 4.69) is 10.2 Å². The van der Waals surface area contributed by atoms with E-state index >= 15 is 0 Å². The Labute approximate surface area is 201 Å². The van der Waals surface area contributed by atoms with Crippen LogP contribution in [-0.2, 0) is 10.0 Å². The molecule has 1 N–H and O–H groups in total. The lowest BCUT2D eigenvalue weighted by molar-refractivity contribution is 0.0938. The highest BCUT2D eigenvalue weighted by molar-refractivity contribution is 7.89. The minimum Gasteiger partial charge on any atom is -0.497 e. The van der Waals surface area contributed by atoms with Crippen LogP contribution in [0.5, 0.6) is 5.75 Å². The summed E-state index contributed by atoms with van der Waals surface area (Å²) in [4.78, 5) is 15.5. The number of likely N-dealkylation sites (tertiary alicyclic amines) is 1. The van der Waals surface area contributed by atoms with Gasteiger partial charge in [-0.25, -0.2) is 8.42 Å². The molecule has 1 heterocycles. The fraction of sp³-hybridized carbons (Fsp3) is 0.458. The molecule has 0 saturated carbocycles. The molecule has 0 radical (unpaired) electrons. The Morgan fingerprint density at radius 2 is 1.85 bits per heavy atom. The second kappa shape index (κ2) is 11.3. The molecule has 0 spiro atoms. The van der Waals surface area contributed by atoms with Crippen LogP contribution in [0.4, 0.5) is 0 Å². The number of sulfonamides is 1. The van der Waals surface area contributed by atoms with Gasteiger partial charge in [0, 0.05) is 19.6 Å². The largest absolute Gasteiger partial charge is 0.497 e. The maximum Gasteiger partial charge on any atom is 0.252 e. The Hall–Kier alpha value is -2.13. The number of carbonyl (C=O) groups is 1. The van der Waals surface area contributed by atoms with Crippen molar-refractivity contribution in [2.45, 2.75) is 37.6 Å². The van der Waals surface area contributed by atoms with Gasteiger partial charge in [0.1, 0.15) is 5.75 Å². The second-order valence-corrected chi connectivity index (χ2v) is 10.3. The minimum absolute atomic E-state index is 0.0204. The SMILES string of the molecule is CCN(CC)S(=O)(=O)c1ccc(Cl)c(C(=O)NCC(c2cccc(OC)c2)N2CCCC2)c1. The smallest absolute Gasteiger partial charge is 0.252 e. The molecule has 1 fully saturated rings. The number of halogens is 1. The van der Waals surface area contributed by atoms with Gasteiger partial charge in [-0.15, -0.1) is 0 Å². The lowest BCUT2D eigenvalue weighted by Crippen LogP contribution is -2.37. The molecule has 2 aromatic carbocycles. The first kappa shape index (κ1) is 25.5. The fourth-order valence-corrected chi connectivity index (χ4v) is 5.88. The summed E-state index contributed by atoms with van der Waals surface area (Å²) in [6.07, 6.45) is 2.23. The molecule has 1 amide bonds. The van der Waals surface area contributed by atoms with Gasteiger partial charge in [-0.1, -0.05) is 37.6 Å². The highest BCUT2D eigenvalue weighted by Gasteiger charge is 2.26. The van der Waals surface area contributed by atoms with Crippen molar-refractivity contribution in [1.29, 1.82) is 0 Å². The highest BCUT2D eigenvalue weighted by atomic mass is 35.5. The Balaban J connectivity index is 1.83. The lowest BCUT2D eigenvalue weighted by Gasteiger charge is -2.28. The first-order valence-electron chi connectivity index (χ1n) is 11.3. The van der Waals surface area contributed by atoms with Gasteiger partial charge < -0.3 is 10.1 Å². The molecule has 9 heteroatoms. The predicted octanol–water partition coefficient (Wildman–Crippen LogP) is 3.95. The number of carbonyl (C=O) groups excluding carboxylic acids is 1. The molecule has 2 aromatic rings. The summed E-state index contributed by atoms with van der Waals surface area (Å²) >= 11 is 6.29. The van der Waals surface area contributed by atoms with Gasteiger partial charge in [0.05, 0.1) is 28.6 Å². The predicted molar refractivity (Wildman–Crippen MR) is 130 cm³/mol. The van der Waals surface area contributed by atoms with Gasteiger partial charge >= 0.3 is 0 Å². The van der Waals surface area contributed by atoms with Crippen LogP contribution in [0.3, 0.4) is 0 Å². The Bertz CT molecular complexity index is 1070. The van der Waals surface area contributed by atoms with Crippen LogP contribution in [0.1, 0.15) is 48.7 Å². The number of benzene rings is 2. The zero-order valence-electron chi connectivity index (χ0n) is 19.4. The molecular formula is C24H32ClN3O4S. The number of ether oxygens (including phenoxy) is 1. The van der Waals surface area contributed by atoms with Gasteiger partial charge in [0.2, 0.25) is 10.0 Å². The van der Waals surface area contributed by atoms with Gasteiger partial charge in [0.15, 0.2) is 0 Å². The van der Waals surface area contributed by atoms with E-state index in [9.17, 15) is 13.2 Å². The molecule has 33 heavy (non-hydrogen) atoms. The maximum atomic E-state index is 13.1. The van der Waals surface area contributed by atoms with Crippen molar-refractivity contribution in [3.05, 3.63) is 58.6 Å². The van der Waals surface area contributed by atoms with Crippen molar-refractivity contribution in [2.24, 2.45) is 0 Å². The van der Waals surface area contributed by atoms with Crippen molar-refractivity contribution in [3.8, 4) is 5.75 Å². The van der Waals surface area contributed by atoms with Crippen LogP contribution in [0, 0.1) is 0 Å². The standard InChI is InChI=1S/C24H32ClN3O4S/c1-4-28(5-2)33(30,31)20-11-12-22(25)21(16-20)24(29)26-17-23(27-13-6-7-14-27)18-9-8-10-19(15-18)32-3/h8-12,15-16,23H,4-7,13-14,17H2,1-3H3,(H,26,29). The van der Waals surface area contributed by atoms with Crippen molar-refractivity contribution in [1.82, 2.24) is 14.5 Å². The molecule has 0 aromatic heterocycles. The number of amides is 1. The first-order chi connectivity index (χ1) is 15.8. The van der Waals surface area contributed by atoms with Crippen LogP contribution >= 0.6 is 11.6 Å². The first-order valence-corrected chi connectivity index (χ1v) is 13.1. The fourth-order valence-electron chi connectivity index (χ4n) is 4.20. The highest BCUT2D eigenvalue weighted by Crippen LogP contribution is 2.28. The van der Waals surface area contributed by atoms with Crippen LogP contribution in [0.2, 0.25) is 5.02 Å². The molecule has 1 unspecified atom stereocenters. The summed E-state index contributed by atoms with van der Waals surface area (Å²) in [6.45, 7) is 6.53. The van der Waals surface area contributed by atoms with Crippen molar-refractivity contribution in [3.63, 3.8) is 0 Å². The van der Waals surface area contributed by atoms with Crippen LogP contribution in [0.15, 0.2) is 47.4 Å². The minimum atomic E-state index is -3.70. The number of nitrogens with one attached hydrogen (secondary N) is 1. The average Bonchev–Trinajstić information content (AvgIpc) is 3.34. The summed E-state index contributed by atoms with van der Waals surface area (Å²) in [5.74, 6) is 0.365. The summed E-state index contributed by atoms with van der Waals surface area (Å²) in [5.41, 5.74) is 1.20. The Morgan fingerprint density at radius 1 is 1.15 bits per heavy atom. The van der Waals surface area contributed by atoms with E-state index in [0.29, 0.717) is 19.6 Å². The normalized spacial score (nSPS) is 15.5. The van der Waals surface area contributed by atoms with E-state index in [1.54, 1.807) is 21.0 Å². The molecule has 1 atom stereocenters. The molecule has 1 aliphatic heterocycles. The van der Waals surface area contributed by atoms with E-state index in [4.69, 9.17) is 16.3 Å². The summed E-state index contributed by atoms with van der Waals surface area (Å²) in [6, 6.07) is 12.1. The van der Waals surface area contributed by atoms with E-state index in [-0.39, 0.29) is 21.5 Å². The number of hydrogen-bond acceptors (Lipinski definition) is 5. The molecule has 1 aliphatic rings. The summed E-state index contributed by atoms with van der Waals surface area (Å²) in [7, 11) is -2.06. The monoisotopic (exact) mass is 493 g/mol. The third-order valence-electron chi connectivity index (χ3n) is 6.04. The quantitative estimate of drug-likeness (QED) is 0.542. The summed E-state index contributed by atoms with van der Waals surface area (Å²) in [5, 5.41) is 3.19. The average molecular weight is 494 g/mol. The maximum absolute atomic E-state index is 13.1. The third-order valence-corrected chi connectivity index (χ3v) is 8.42. The van der Waals surface area contributed by atoms with E-state index in [0.717, 1.165) is 37.2 Å². The lowest BCUT2D eigenvalue weighted by atomic mass is 10.0. The van der Waals surface area contributed by atoms with Crippen molar-refractivity contribution < 1.29 is 17.9 Å². The molecular weight excluding hydrogens is 462 g/mol. The third kappa shape index (κ3) is 5.87. The van der Waals surface area contributed by atoms with Crippen LogP contribution in [0.25, 0.3) is 0 Å². The Morgan fingerprint density at radius 3 is 2.48 bits per heavy atom.